The van der Waals surface area contributed by atoms with E-state index >= 15 is 0 Å². The average molecular weight is 481 g/mol. The minimum atomic E-state index is -1.17. The number of hydrogen-bond acceptors (Lipinski definition) is 4. The van der Waals surface area contributed by atoms with E-state index in [2.05, 4.69) is 0 Å². The quantitative estimate of drug-likeness (QED) is 0.508. The van der Waals surface area contributed by atoms with E-state index in [0.717, 1.165) is 0 Å². The third kappa shape index (κ3) is 5.42. The van der Waals surface area contributed by atoms with Gasteiger partial charge in [0, 0.05) is 30.5 Å². The van der Waals surface area contributed by atoms with Gasteiger partial charge in [0.25, 0.3) is 5.91 Å². The monoisotopic (exact) mass is 481 g/mol. The Bertz CT molecular complexity index is 1260. The number of carbonyl (C=O) groups is 2. The van der Waals surface area contributed by atoms with Crippen molar-refractivity contribution in [2.75, 3.05) is 13.7 Å². The highest BCUT2D eigenvalue weighted by Crippen LogP contribution is 2.44. The van der Waals surface area contributed by atoms with E-state index in [4.69, 9.17) is 9.47 Å². The number of rotatable bonds is 8. The van der Waals surface area contributed by atoms with Crippen LogP contribution in [-0.2, 0) is 24.2 Å². The van der Waals surface area contributed by atoms with E-state index in [1.807, 2.05) is 6.92 Å². The lowest BCUT2D eigenvalue weighted by Gasteiger charge is -2.24. The van der Waals surface area contributed by atoms with Crippen LogP contribution in [-0.4, -0.2) is 41.1 Å². The number of benzene rings is 3. The largest absolute Gasteiger partial charge is 0.493 e. The van der Waals surface area contributed by atoms with Crippen LogP contribution in [0.15, 0.2) is 60.7 Å². The number of methoxy groups -OCH3 is 1. The zero-order valence-corrected chi connectivity index (χ0v) is 19.4. The van der Waals surface area contributed by atoms with Crippen LogP contribution >= 0.6 is 0 Å². The van der Waals surface area contributed by atoms with Gasteiger partial charge in [0.15, 0.2) is 11.5 Å². The van der Waals surface area contributed by atoms with Gasteiger partial charge >= 0.3 is 5.97 Å². The van der Waals surface area contributed by atoms with Crippen molar-refractivity contribution in [1.29, 1.82) is 0 Å². The standard InChI is InChI=1S/C27H25F2NO5/c1-27(13-18-5-3-4-6-22(18)29)14-20-11-19(12-23(34-2)25(20)35-27)26(33)30(16-24(31)32)15-17-7-9-21(28)10-8-17/h3-12H,13-16H2,1-2H3,(H,31,32)/t27-/m0/s1. The Balaban J connectivity index is 1.62. The Morgan fingerprint density at radius 3 is 2.49 bits per heavy atom. The fraction of sp³-hybridized carbons (Fsp3) is 0.259. The molecule has 0 bridgehead atoms. The first-order chi connectivity index (χ1) is 16.7. The molecule has 0 aliphatic carbocycles. The Labute approximate surface area is 201 Å². The zero-order chi connectivity index (χ0) is 25.2. The molecule has 1 N–H and O–H groups in total. The molecule has 6 nitrogen and oxygen atoms in total. The maximum atomic E-state index is 14.3. The van der Waals surface area contributed by atoms with E-state index in [1.165, 1.54) is 48.4 Å². The highest BCUT2D eigenvalue weighted by Gasteiger charge is 2.38. The predicted molar refractivity (Wildman–Crippen MR) is 125 cm³/mol. The van der Waals surface area contributed by atoms with E-state index < -0.39 is 29.8 Å². The van der Waals surface area contributed by atoms with Gasteiger partial charge in [0.2, 0.25) is 0 Å². The SMILES string of the molecule is COc1cc(C(=O)N(CC(=O)O)Cc2ccc(F)cc2)cc2c1O[C@@](C)(Cc1ccccc1F)C2. The molecule has 1 amide bonds. The van der Waals surface area contributed by atoms with Crippen molar-refractivity contribution in [3.63, 3.8) is 0 Å². The number of carboxylic acids is 1. The van der Waals surface area contributed by atoms with Crippen LogP contribution in [0, 0.1) is 11.6 Å². The summed E-state index contributed by atoms with van der Waals surface area (Å²) in [6, 6.07) is 15.2. The van der Waals surface area contributed by atoms with Crippen LogP contribution in [0.5, 0.6) is 11.5 Å². The van der Waals surface area contributed by atoms with Gasteiger partial charge in [0.05, 0.1) is 7.11 Å². The third-order valence-corrected chi connectivity index (χ3v) is 5.93. The lowest BCUT2D eigenvalue weighted by atomic mass is 9.91. The lowest BCUT2D eigenvalue weighted by molar-refractivity contribution is -0.137. The Kier molecular flexibility index (Phi) is 6.73. The van der Waals surface area contributed by atoms with Crippen LogP contribution in [0.3, 0.4) is 0 Å². The number of carbonyl (C=O) groups excluding carboxylic acids is 1. The van der Waals surface area contributed by atoms with Gasteiger partial charge in [-0.05, 0) is 48.4 Å². The van der Waals surface area contributed by atoms with Gasteiger partial charge in [-0.15, -0.1) is 0 Å². The first kappa shape index (κ1) is 24.2. The number of aliphatic carboxylic acids is 1. The van der Waals surface area contributed by atoms with E-state index in [0.29, 0.717) is 41.0 Å². The summed E-state index contributed by atoms with van der Waals surface area (Å²) in [4.78, 5) is 26.0. The molecule has 8 heteroatoms. The van der Waals surface area contributed by atoms with Gasteiger partial charge in [-0.2, -0.15) is 0 Å². The molecular weight excluding hydrogens is 456 g/mol. The van der Waals surface area contributed by atoms with Crippen LogP contribution in [0.25, 0.3) is 0 Å². The van der Waals surface area contributed by atoms with Gasteiger partial charge < -0.3 is 19.5 Å². The first-order valence-electron chi connectivity index (χ1n) is 11.1. The summed E-state index contributed by atoms with van der Waals surface area (Å²) in [6.45, 7) is 1.33. The number of nitrogens with zero attached hydrogens (tertiary/aromatic N) is 1. The molecule has 0 saturated heterocycles. The van der Waals surface area contributed by atoms with Crippen LogP contribution in [0.4, 0.5) is 8.78 Å². The second-order valence-electron chi connectivity index (χ2n) is 8.85. The number of ether oxygens (including phenoxy) is 2. The topological polar surface area (TPSA) is 76.1 Å². The average Bonchev–Trinajstić information content (AvgIpc) is 3.16. The van der Waals surface area contributed by atoms with Gasteiger partial charge in [0.1, 0.15) is 23.8 Å². The molecule has 35 heavy (non-hydrogen) atoms. The number of hydrogen-bond donors (Lipinski definition) is 1. The van der Waals surface area contributed by atoms with Crippen LogP contribution < -0.4 is 9.47 Å². The molecule has 4 rings (SSSR count). The molecule has 3 aromatic carbocycles. The first-order valence-corrected chi connectivity index (χ1v) is 11.1. The molecule has 1 aliphatic heterocycles. The molecule has 0 saturated carbocycles. The Morgan fingerprint density at radius 2 is 1.83 bits per heavy atom. The summed E-state index contributed by atoms with van der Waals surface area (Å²) in [6.07, 6.45) is 0.724. The minimum absolute atomic E-state index is 0.00763. The molecule has 3 aromatic rings. The molecule has 1 aliphatic rings. The number of amides is 1. The molecule has 1 heterocycles. The van der Waals surface area contributed by atoms with E-state index in [1.54, 1.807) is 24.3 Å². The number of fused-ring (bicyclic) bond motifs is 1. The van der Waals surface area contributed by atoms with Crippen molar-refractivity contribution in [2.24, 2.45) is 0 Å². The summed E-state index contributed by atoms with van der Waals surface area (Å²) >= 11 is 0. The second kappa shape index (κ2) is 9.74. The summed E-state index contributed by atoms with van der Waals surface area (Å²) in [5.41, 5.74) is 1.31. The highest BCUT2D eigenvalue weighted by molar-refractivity contribution is 5.97. The molecular formula is C27H25F2NO5. The normalized spacial score (nSPS) is 16.3. The molecule has 182 valence electrons. The predicted octanol–water partition coefficient (Wildman–Crippen LogP) is 4.64. The maximum absolute atomic E-state index is 14.3. The highest BCUT2D eigenvalue weighted by atomic mass is 19.1. The van der Waals surface area contributed by atoms with Gasteiger partial charge in [-0.3, -0.25) is 9.59 Å². The summed E-state index contributed by atoms with van der Waals surface area (Å²) in [7, 11) is 1.45. The fourth-order valence-corrected chi connectivity index (χ4v) is 4.37. The Hall–Kier alpha value is -3.94. The van der Waals surface area contributed by atoms with Gasteiger partial charge in [-0.25, -0.2) is 8.78 Å². The van der Waals surface area contributed by atoms with Crippen molar-refractivity contribution < 1.29 is 33.0 Å². The lowest BCUT2D eigenvalue weighted by Crippen LogP contribution is -2.35. The Morgan fingerprint density at radius 1 is 1.11 bits per heavy atom. The number of halogens is 2. The summed E-state index contributed by atoms with van der Waals surface area (Å²) in [5, 5.41) is 9.36. The fourth-order valence-electron chi connectivity index (χ4n) is 4.37. The molecule has 1 atom stereocenters. The molecule has 0 spiro atoms. The van der Waals surface area contributed by atoms with E-state index in [-0.39, 0.29) is 17.9 Å². The zero-order valence-electron chi connectivity index (χ0n) is 19.4. The summed E-state index contributed by atoms with van der Waals surface area (Å²) < 4.78 is 39.2. The minimum Gasteiger partial charge on any atom is -0.493 e. The summed E-state index contributed by atoms with van der Waals surface area (Å²) in [5.74, 6) is -1.62. The molecule has 0 unspecified atom stereocenters. The van der Waals surface area contributed by atoms with Gasteiger partial charge in [-0.1, -0.05) is 30.3 Å². The second-order valence-corrected chi connectivity index (χ2v) is 8.85. The maximum Gasteiger partial charge on any atom is 0.323 e. The van der Waals surface area contributed by atoms with E-state index in [9.17, 15) is 23.5 Å². The van der Waals surface area contributed by atoms with Crippen LogP contribution in [0.2, 0.25) is 0 Å². The van der Waals surface area contributed by atoms with Crippen LogP contribution in [0.1, 0.15) is 34.0 Å². The molecule has 0 fully saturated rings. The van der Waals surface area contributed by atoms with Crippen molar-refractivity contribution in [3.8, 4) is 11.5 Å². The van der Waals surface area contributed by atoms with Crippen molar-refractivity contribution in [3.05, 3.63) is 94.6 Å². The van der Waals surface area contributed by atoms with Crippen molar-refractivity contribution in [1.82, 2.24) is 4.90 Å². The third-order valence-electron chi connectivity index (χ3n) is 5.93. The molecule has 0 radical (unpaired) electrons. The van der Waals surface area contributed by atoms with Crippen molar-refractivity contribution >= 4 is 11.9 Å². The number of carboxylic acid groups (broad SMARTS) is 1. The smallest absolute Gasteiger partial charge is 0.323 e. The van der Waals surface area contributed by atoms with Crippen molar-refractivity contribution in [2.45, 2.75) is 31.9 Å². The molecule has 0 aromatic heterocycles.